The Labute approximate surface area is 146 Å². The van der Waals surface area contributed by atoms with Crippen molar-refractivity contribution in [3.63, 3.8) is 0 Å². The minimum Gasteiger partial charge on any atom is -0.325 e. The van der Waals surface area contributed by atoms with E-state index < -0.39 is 23.2 Å². The normalized spacial score (nSPS) is 10.3. The first-order chi connectivity index (χ1) is 11.4. The first kappa shape index (κ1) is 18.1. The SMILES string of the molecule is CC(=O)N(CCC(=O)Nc1ccccc1Br)c1c(F)cccc1F. The Morgan fingerprint density at radius 3 is 2.29 bits per heavy atom. The third-order valence-electron chi connectivity index (χ3n) is 3.30. The zero-order valence-electron chi connectivity index (χ0n) is 12.9. The second kappa shape index (κ2) is 8.01. The lowest BCUT2D eigenvalue weighted by Gasteiger charge is -2.22. The molecule has 0 radical (unpaired) electrons. The number of hydrogen-bond donors (Lipinski definition) is 1. The van der Waals surface area contributed by atoms with Crippen LogP contribution in [0.15, 0.2) is 46.9 Å². The number of anilines is 2. The summed E-state index contributed by atoms with van der Waals surface area (Å²) in [5.41, 5.74) is 0.132. The highest BCUT2D eigenvalue weighted by atomic mass is 79.9. The number of hydrogen-bond acceptors (Lipinski definition) is 2. The monoisotopic (exact) mass is 396 g/mol. The summed E-state index contributed by atoms with van der Waals surface area (Å²) >= 11 is 3.31. The van der Waals surface area contributed by atoms with Crippen LogP contribution in [0.1, 0.15) is 13.3 Å². The average molecular weight is 397 g/mol. The third-order valence-corrected chi connectivity index (χ3v) is 3.99. The molecular weight excluding hydrogens is 382 g/mol. The molecule has 126 valence electrons. The lowest BCUT2D eigenvalue weighted by atomic mass is 10.2. The molecule has 0 spiro atoms. The van der Waals surface area contributed by atoms with Crippen LogP contribution in [0.5, 0.6) is 0 Å². The van der Waals surface area contributed by atoms with Gasteiger partial charge in [0, 0.05) is 24.4 Å². The highest BCUT2D eigenvalue weighted by Gasteiger charge is 2.21. The number of amides is 2. The zero-order chi connectivity index (χ0) is 17.7. The van der Waals surface area contributed by atoms with Crippen LogP contribution in [0.3, 0.4) is 0 Å². The fourth-order valence-electron chi connectivity index (χ4n) is 2.16. The predicted octanol–water partition coefficient (Wildman–Crippen LogP) is 4.11. The Bertz CT molecular complexity index is 748. The minimum absolute atomic E-state index is 0.102. The predicted molar refractivity (Wildman–Crippen MR) is 91.8 cm³/mol. The fourth-order valence-corrected chi connectivity index (χ4v) is 2.55. The molecule has 1 N–H and O–H groups in total. The molecule has 0 aliphatic heterocycles. The number of carbonyl (C=O) groups excluding carboxylic acids is 2. The summed E-state index contributed by atoms with van der Waals surface area (Å²) in [4.78, 5) is 24.7. The largest absolute Gasteiger partial charge is 0.325 e. The van der Waals surface area contributed by atoms with Gasteiger partial charge < -0.3 is 10.2 Å². The summed E-state index contributed by atoms with van der Waals surface area (Å²) in [5.74, 6) is -2.62. The highest BCUT2D eigenvalue weighted by molar-refractivity contribution is 9.10. The van der Waals surface area contributed by atoms with E-state index in [1.807, 2.05) is 0 Å². The summed E-state index contributed by atoms with van der Waals surface area (Å²) in [6.45, 7) is 1.06. The lowest BCUT2D eigenvalue weighted by Crippen LogP contribution is -2.33. The van der Waals surface area contributed by atoms with E-state index in [0.717, 1.165) is 17.0 Å². The zero-order valence-corrected chi connectivity index (χ0v) is 14.4. The Morgan fingerprint density at radius 2 is 1.71 bits per heavy atom. The Hall–Kier alpha value is -2.28. The Kier molecular flexibility index (Phi) is 6.03. The third kappa shape index (κ3) is 4.38. The van der Waals surface area contributed by atoms with Crippen LogP contribution >= 0.6 is 15.9 Å². The van der Waals surface area contributed by atoms with Crippen LogP contribution in [0.4, 0.5) is 20.2 Å². The van der Waals surface area contributed by atoms with Crippen molar-refractivity contribution in [2.75, 3.05) is 16.8 Å². The molecule has 0 aliphatic rings. The summed E-state index contributed by atoms with van der Waals surface area (Å²) in [6.07, 6.45) is -0.102. The van der Waals surface area contributed by atoms with E-state index in [2.05, 4.69) is 21.2 Å². The van der Waals surface area contributed by atoms with Crippen molar-refractivity contribution >= 4 is 39.1 Å². The van der Waals surface area contributed by atoms with Crippen LogP contribution in [0, 0.1) is 11.6 Å². The number of rotatable bonds is 5. The number of nitrogens with one attached hydrogen (secondary N) is 1. The van der Waals surface area contributed by atoms with Gasteiger partial charge in [-0.15, -0.1) is 0 Å². The molecule has 2 aromatic rings. The van der Waals surface area contributed by atoms with Crippen molar-refractivity contribution in [3.05, 3.63) is 58.6 Å². The van der Waals surface area contributed by atoms with Crippen LogP contribution < -0.4 is 10.2 Å². The molecule has 0 unspecified atom stereocenters. The van der Waals surface area contributed by atoms with Crippen molar-refractivity contribution in [3.8, 4) is 0 Å². The van der Waals surface area contributed by atoms with Crippen molar-refractivity contribution in [1.29, 1.82) is 0 Å². The quantitative estimate of drug-likeness (QED) is 0.826. The topological polar surface area (TPSA) is 49.4 Å². The molecule has 0 saturated heterocycles. The standard InChI is InChI=1S/C17H15BrF2N2O2/c1-11(23)22(17-13(19)6-4-7-14(17)20)10-9-16(24)21-15-8-3-2-5-12(15)18/h2-8H,9-10H2,1H3,(H,21,24). The summed E-state index contributed by atoms with van der Waals surface area (Å²) < 4.78 is 28.4. The fraction of sp³-hybridized carbons (Fsp3) is 0.176. The Morgan fingerprint density at radius 1 is 1.08 bits per heavy atom. The maximum Gasteiger partial charge on any atom is 0.226 e. The highest BCUT2D eigenvalue weighted by Crippen LogP contribution is 2.24. The molecule has 0 aromatic heterocycles. The molecule has 0 aliphatic carbocycles. The van der Waals surface area contributed by atoms with Crippen molar-refractivity contribution in [1.82, 2.24) is 0 Å². The Balaban J connectivity index is 2.08. The number of halogens is 3. The van der Waals surface area contributed by atoms with Crippen LogP contribution in [0.25, 0.3) is 0 Å². The first-order valence-electron chi connectivity index (χ1n) is 7.16. The van der Waals surface area contributed by atoms with Crippen molar-refractivity contribution in [2.45, 2.75) is 13.3 Å². The van der Waals surface area contributed by atoms with E-state index >= 15 is 0 Å². The molecular formula is C17H15BrF2N2O2. The van der Waals surface area contributed by atoms with Gasteiger partial charge >= 0.3 is 0 Å². The molecule has 0 bridgehead atoms. The van der Waals surface area contributed by atoms with Gasteiger partial charge in [0.15, 0.2) is 0 Å². The number of benzene rings is 2. The molecule has 24 heavy (non-hydrogen) atoms. The second-order valence-electron chi connectivity index (χ2n) is 5.02. The number of carbonyl (C=O) groups is 2. The molecule has 0 saturated carbocycles. The van der Waals surface area contributed by atoms with Crippen LogP contribution in [-0.2, 0) is 9.59 Å². The van der Waals surface area contributed by atoms with Gasteiger partial charge in [-0.25, -0.2) is 8.78 Å². The number of nitrogens with zero attached hydrogens (tertiary/aromatic N) is 1. The van der Waals surface area contributed by atoms with E-state index in [1.165, 1.54) is 13.0 Å². The van der Waals surface area contributed by atoms with E-state index in [1.54, 1.807) is 24.3 Å². The van der Waals surface area contributed by atoms with Gasteiger partial charge in [0.05, 0.1) is 5.69 Å². The van der Waals surface area contributed by atoms with Crippen molar-refractivity contribution < 1.29 is 18.4 Å². The molecule has 0 heterocycles. The van der Waals surface area contributed by atoms with Gasteiger partial charge in [0.1, 0.15) is 17.3 Å². The van der Waals surface area contributed by atoms with E-state index in [9.17, 15) is 18.4 Å². The summed E-state index contributed by atoms with van der Waals surface area (Å²) in [5, 5.41) is 2.67. The van der Waals surface area contributed by atoms with Crippen LogP contribution in [0.2, 0.25) is 0 Å². The molecule has 0 atom stereocenters. The minimum atomic E-state index is -0.851. The smallest absolute Gasteiger partial charge is 0.226 e. The van der Waals surface area contributed by atoms with Crippen molar-refractivity contribution in [2.24, 2.45) is 0 Å². The molecule has 0 fully saturated rings. The van der Waals surface area contributed by atoms with E-state index in [-0.39, 0.29) is 18.9 Å². The van der Waals surface area contributed by atoms with Gasteiger partial charge in [-0.1, -0.05) is 18.2 Å². The summed E-state index contributed by atoms with van der Waals surface area (Å²) in [7, 11) is 0. The number of para-hydroxylation sites is 2. The second-order valence-corrected chi connectivity index (χ2v) is 5.87. The molecule has 2 amide bonds. The molecule has 2 aromatic carbocycles. The maximum absolute atomic E-state index is 13.8. The van der Waals surface area contributed by atoms with Gasteiger partial charge in [-0.05, 0) is 40.2 Å². The molecule has 4 nitrogen and oxygen atoms in total. The molecule has 7 heteroatoms. The van der Waals surface area contributed by atoms with Crippen LogP contribution in [-0.4, -0.2) is 18.4 Å². The van der Waals surface area contributed by atoms with Gasteiger partial charge in [-0.3, -0.25) is 9.59 Å². The van der Waals surface area contributed by atoms with Gasteiger partial charge in [0.25, 0.3) is 0 Å². The average Bonchev–Trinajstić information content (AvgIpc) is 2.52. The van der Waals surface area contributed by atoms with Gasteiger partial charge in [-0.2, -0.15) is 0 Å². The lowest BCUT2D eigenvalue weighted by molar-refractivity contribution is -0.117. The summed E-state index contributed by atoms with van der Waals surface area (Å²) in [6, 6.07) is 10.4. The molecule has 2 rings (SSSR count). The van der Waals surface area contributed by atoms with E-state index in [4.69, 9.17) is 0 Å². The van der Waals surface area contributed by atoms with E-state index in [0.29, 0.717) is 10.2 Å². The first-order valence-corrected chi connectivity index (χ1v) is 7.96. The maximum atomic E-state index is 13.8. The van der Waals surface area contributed by atoms with Gasteiger partial charge in [0.2, 0.25) is 11.8 Å².